The summed E-state index contributed by atoms with van der Waals surface area (Å²) in [5.74, 6) is 0.983. The third kappa shape index (κ3) is 9.49. The molecule has 8 nitrogen and oxygen atoms in total. The fraction of sp³-hybridized carbons (Fsp3) is 0.0455. The Morgan fingerprint density at radius 1 is 0.463 bits per heavy atom. The summed E-state index contributed by atoms with van der Waals surface area (Å²) in [6, 6.07) is 44.6. The first-order chi connectivity index (χ1) is 26.2. The van der Waals surface area contributed by atoms with Crippen LogP contribution in [0.2, 0.25) is 10.0 Å². The second-order valence-electron chi connectivity index (χ2n) is 11.7. The van der Waals surface area contributed by atoms with Crippen molar-refractivity contribution < 1.29 is 28.5 Å². The van der Waals surface area contributed by atoms with Gasteiger partial charge >= 0.3 is 11.9 Å². The summed E-state index contributed by atoms with van der Waals surface area (Å²) in [7, 11) is 0. The topological polar surface area (TPSA) is 77.5 Å². The molecule has 0 aliphatic rings. The first kappa shape index (κ1) is 37.3. The van der Waals surface area contributed by atoms with Crippen LogP contribution >= 0.6 is 23.2 Å². The molecule has 10 heteroatoms. The number of rotatable bonds is 14. The number of benzene rings is 6. The van der Waals surface area contributed by atoms with Crippen molar-refractivity contribution in [2.75, 3.05) is 9.80 Å². The number of esters is 2. The van der Waals surface area contributed by atoms with Crippen LogP contribution < -0.4 is 28.7 Å². The molecular formula is C44H34Cl2N2O6. The van der Waals surface area contributed by atoms with Crippen molar-refractivity contribution in [3.63, 3.8) is 0 Å². The Bertz CT molecular complexity index is 2050. The number of hydrogen-bond donors (Lipinski definition) is 0. The van der Waals surface area contributed by atoms with E-state index in [-0.39, 0.29) is 0 Å². The Kier molecular flexibility index (Phi) is 12.0. The van der Waals surface area contributed by atoms with E-state index in [9.17, 15) is 9.59 Å². The Labute approximate surface area is 323 Å². The van der Waals surface area contributed by atoms with Gasteiger partial charge in [0.05, 0.1) is 0 Å². The molecule has 54 heavy (non-hydrogen) atoms. The SMILES string of the molecule is C=CC(=O)Oc1ccc(N(c2ccc(Cl)cc2)c2ccc(OC(C)Oc3ccc(N(c4ccc(Cl)cc4)c4ccc(OC(=O)C=C)cc4)cc3)cc2)cc1. The smallest absolute Gasteiger partial charge is 0.335 e. The van der Waals surface area contributed by atoms with Crippen LogP contribution in [0.25, 0.3) is 0 Å². The van der Waals surface area contributed by atoms with Gasteiger partial charge in [-0.15, -0.1) is 0 Å². The molecule has 0 bridgehead atoms. The second kappa shape index (κ2) is 17.4. The quantitative estimate of drug-likeness (QED) is 0.0470. The first-order valence-electron chi connectivity index (χ1n) is 16.7. The highest BCUT2D eigenvalue weighted by molar-refractivity contribution is 6.31. The van der Waals surface area contributed by atoms with Crippen molar-refractivity contribution >= 4 is 69.3 Å². The van der Waals surface area contributed by atoms with Gasteiger partial charge in [0, 0.05) is 63.2 Å². The van der Waals surface area contributed by atoms with Gasteiger partial charge in [-0.25, -0.2) is 9.59 Å². The second-order valence-corrected chi connectivity index (χ2v) is 12.5. The third-order valence-corrected chi connectivity index (χ3v) is 8.43. The number of hydrogen-bond acceptors (Lipinski definition) is 8. The van der Waals surface area contributed by atoms with E-state index in [4.69, 9.17) is 42.1 Å². The number of ether oxygens (including phenoxy) is 4. The molecule has 0 unspecified atom stereocenters. The zero-order chi connectivity index (χ0) is 38.0. The van der Waals surface area contributed by atoms with E-state index >= 15 is 0 Å². The fourth-order valence-electron chi connectivity index (χ4n) is 5.47. The molecule has 0 aliphatic heterocycles. The molecule has 6 rings (SSSR count). The minimum atomic E-state index is -0.613. The van der Waals surface area contributed by atoms with Crippen molar-refractivity contribution in [3.05, 3.63) is 181 Å². The summed E-state index contributed by atoms with van der Waals surface area (Å²) < 4.78 is 22.8. The first-order valence-corrected chi connectivity index (χ1v) is 17.5. The van der Waals surface area contributed by atoms with E-state index in [1.807, 2.05) is 138 Å². The van der Waals surface area contributed by atoms with Gasteiger partial charge in [0.2, 0.25) is 6.29 Å². The standard InChI is InChI=1S/C44H34Cl2N2O6/c1-4-43(49)53-41-26-18-37(19-27-41)47(33-10-6-31(45)7-11-33)35-14-22-39(23-15-35)51-30(3)52-40-24-16-36(17-25-40)48(34-12-8-32(46)9-13-34)38-20-28-42(29-21-38)54-44(50)5-2/h4-30H,1-2H2,3H3. The molecule has 0 saturated heterocycles. The van der Waals surface area contributed by atoms with Crippen LogP contribution in [0.15, 0.2) is 171 Å². The molecule has 6 aromatic rings. The van der Waals surface area contributed by atoms with Crippen molar-refractivity contribution in [1.82, 2.24) is 0 Å². The zero-order valence-electron chi connectivity index (χ0n) is 29.1. The van der Waals surface area contributed by atoms with Crippen molar-refractivity contribution in [3.8, 4) is 23.0 Å². The average molecular weight is 758 g/mol. The molecule has 0 radical (unpaired) electrons. The fourth-order valence-corrected chi connectivity index (χ4v) is 5.72. The number of carbonyl (C=O) groups excluding carboxylic acids is 2. The Morgan fingerprint density at radius 3 is 0.963 bits per heavy atom. The van der Waals surface area contributed by atoms with Crippen LogP contribution in [0.1, 0.15) is 6.92 Å². The maximum atomic E-state index is 11.7. The predicted molar refractivity (Wildman–Crippen MR) is 215 cm³/mol. The van der Waals surface area contributed by atoms with Gasteiger partial charge in [-0.1, -0.05) is 36.4 Å². The van der Waals surface area contributed by atoms with E-state index in [0.29, 0.717) is 33.0 Å². The third-order valence-electron chi connectivity index (χ3n) is 7.92. The zero-order valence-corrected chi connectivity index (χ0v) is 30.6. The summed E-state index contributed by atoms with van der Waals surface area (Å²) in [6.07, 6.45) is 1.62. The van der Waals surface area contributed by atoms with Crippen LogP contribution in [0, 0.1) is 0 Å². The lowest BCUT2D eigenvalue weighted by molar-refractivity contribution is -0.129. The molecule has 0 spiro atoms. The lowest BCUT2D eigenvalue weighted by Crippen LogP contribution is -2.19. The van der Waals surface area contributed by atoms with Gasteiger partial charge in [-0.05, 0) is 146 Å². The lowest BCUT2D eigenvalue weighted by Gasteiger charge is -2.26. The predicted octanol–water partition coefficient (Wildman–Crippen LogP) is 11.9. The summed E-state index contributed by atoms with van der Waals surface area (Å²) in [6.45, 7) is 8.71. The molecular weight excluding hydrogens is 723 g/mol. The normalized spacial score (nSPS) is 10.6. The summed E-state index contributed by atoms with van der Waals surface area (Å²) in [5, 5.41) is 1.24. The molecule has 6 aromatic carbocycles. The van der Waals surface area contributed by atoms with Gasteiger partial charge in [0.1, 0.15) is 23.0 Å². The average Bonchev–Trinajstić information content (AvgIpc) is 3.19. The van der Waals surface area contributed by atoms with Gasteiger partial charge < -0.3 is 28.7 Å². The number of halogens is 2. The number of carbonyl (C=O) groups is 2. The molecule has 270 valence electrons. The van der Waals surface area contributed by atoms with E-state index in [0.717, 1.165) is 46.3 Å². The highest BCUT2D eigenvalue weighted by Gasteiger charge is 2.16. The van der Waals surface area contributed by atoms with E-state index in [1.165, 1.54) is 0 Å². The molecule has 0 N–H and O–H groups in total. The minimum Gasteiger partial charge on any atom is -0.455 e. The van der Waals surface area contributed by atoms with Gasteiger partial charge in [0.25, 0.3) is 0 Å². The molecule has 0 aromatic heterocycles. The summed E-state index contributed by atoms with van der Waals surface area (Å²) in [4.78, 5) is 27.4. The summed E-state index contributed by atoms with van der Waals surface area (Å²) >= 11 is 12.4. The summed E-state index contributed by atoms with van der Waals surface area (Å²) in [5.41, 5.74) is 5.16. The van der Waals surface area contributed by atoms with E-state index in [2.05, 4.69) is 13.2 Å². The maximum Gasteiger partial charge on any atom is 0.335 e. The molecule has 0 heterocycles. The van der Waals surface area contributed by atoms with Crippen molar-refractivity contribution in [2.45, 2.75) is 13.2 Å². The van der Waals surface area contributed by atoms with Crippen molar-refractivity contribution in [1.29, 1.82) is 0 Å². The molecule has 0 atom stereocenters. The van der Waals surface area contributed by atoms with Gasteiger partial charge in [-0.2, -0.15) is 0 Å². The van der Waals surface area contributed by atoms with Crippen LogP contribution in [0.5, 0.6) is 23.0 Å². The highest BCUT2D eigenvalue weighted by atomic mass is 35.5. The van der Waals surface area contributed by atoms with Gasteiger partial charge in [-0.3, -0.25) is 0 Å². The largest absolute Gasteiger partial charge is 0.455 e. The van der Waals surface area contributed by atoms with Crippen LogP contribution in [0.3, 0.4) is 0 Å². The Balaban J connectivity index is 1.16. The minimum absolute atomic E-state index is 0.408. The molecule has 0 amide bonds. The Morgan fingerprint density at radius 2 is 0.704 bits per heavy atom. The Hall–Kier alpha value is -6.48. The van der Waals surface area contributed by atoms with Crippen molar-refractivity contribution in [2.24, 2.45) is 0 Å². The molecule has 0 saturated carbocycles. The van der Waals surface area contributed by atoms with E-state index < -0.39 is 18.2 Å². The lowest BCUT2D eigenvalue weighted by atomic mass is 10.2. The highest BCUT2D eigenvalue weighted by Crippen LogP contribution is 2.38. The van der Waals surface area contributed by atoms with Gasteiger partial charge in [0.15, 0.2) is 0 Å². The van der Waals surface area contributed by atoms with Crippen LogP contribution in [0.4, 0.5) is 34.1 Å². The monoisotopic (exact) mass is 756 g/mol. The van der Waals surface area contributed by atoms with E-state index in [1.54, 1.807) is 24.3 Å². The van der Waals surface area contributed by atoms with Crippen LogP contribution in [-0.4, -0.2) is 18.2 Å². The molecule has 0 fully saturated rings. The number of anilines is 6. The molecule has 0 aliphatic carbocycles. The number of nitrogens with zero attached hydrogens (tertiary/aromatic N) is 2. The van der Waals surface area contributed by atoms with Crippen LogP contribution in [-0.2, 0) is 9.59 Å². The maximum absolute atomic E-state index is 11.7.